The second kappa shape index (κ2) is 8.76. The largest absolute Gasteiger partial charge is 0.351 e. The Morgan fingerprint density at radius 2 is 1.84 bits per heavy atom. The van der Waals surface area contributed by atoms with Crippen LogP contribution in [0.4, 0.5) is 5.69 Å². The van der Waals surface area contributed by atoms with Crippen molar-refractivity contribution in [3.8, 4) is 0 Å². The second-order valence-electron chi connectivity index (χ2n) is 9.02. The maximum absolute atomic E-state index is 13.2. The molecule has 3 amide bonds. The molecule has 0 radical (unpaired) electrons. The Morgan fingerprint density at radius 1 is 1.16 bits per heavy atom. The predicted octanol–water partition coefficient (Wildman–Crippen LogP) is 2.99. The number of anilines is 1. The van der Waals surface area contributed by atoms with Crippen LogP contribution >= 0.6 is 0 Å². The van der Waals surface area contributed by atoms with Gasteiger partial charge in [0.15, 0.2) is 5.69 Å². The average molecular weight is 438 g/mol. The summed E-state index contributed by atoms with van der Waals surface area (Å²) in [4.78, 5) is 40.4. The molecule has 0 spiro atoms. The Morgan fingerprint density at radius 3 is 2.50 bits per heavy atom. The minimum Gasteiger partial charge on any atom is -0.351 e. The van der Waals surface area contributed by atoms with E-state index in [9.17, 15) is 14.4 Å². The van der Waals surface area contributed by atoms with E-state index in [4.69, 9.17) is 0 Å². The molecule has 1 aliphatic carbocycles. The molecule has 1 aromatic heterocycles. The lowest BCUT2D eigenvalue weighted by molar-refractivity contribution is -0.133. The Balaban J connectivity index is 1.51. The predicted molar refractivity (Wildman–Crippen MR) is 122 cm³/mol. The molecule has 0 bridgehead atoms. The van der Waals surface area contributed by atoms with Crippen LogP contribution in [0.25, 0.3) is 0 Å². The summed E-state index contributed by atoms with van der Waals surface area (Å²) in [6.07, 6.45) is 6.28. The van der Waals surface area contributed by atoms with E-state index in [1.54, 1.807) is 14.0 Å². The lowest BCUT2D eigenvalue weighted by atomic mass is 9.92. The van der Waals surface area contributed by atoms with Gasteiger partial charge in [-0.05, 0) is 43.9 Å². The van der Waals surface area contributed by atoms with Gasteiger partial charge in [0.2, 0.25) is 5.91 Å². The van der Waals surface area contributed by atoms with E-state index in [0.29, 0.717) is 11.4 Å². The van der Waals surface area contributed by atoms with Crippen LogP contribution in [0.15, 0.2) is 30.3 Å². The van der Waals surface area contributed by atoms with E-state index < -0.39 is 5.54 Å². The number of nitrogens with one attached hydrogen (secondary N) is 2. The SMILES string of the molecule is CCc1ccc(NC(=O)c2cc3n(n2)CC(C)(C(=O)NC2CCCCC2)N(C)C3=O)cc1. The van der Waals surface area contributed by atoms with Gasteiger partial charge in [0.05, 0.1) is 6.54 Å². The van der Waals surface area contributed by atoms with Gasteiger partial charge < -0.3 is 15.5 Å². The first-order chi connectivity index (χ1) is 15.3. The topological polar surface area (TPSA) is 96.3 Å². The monoisotopic (exact) mass is 437 g/mol. The van der Waals surface area contributed by atoms with E-state index in [2.05, 4.69) is 22.7 Å². The van der Waals surface area contributed by atoms with Crippen molar-refractivity contribution >= 4 is 23.4 Å². The third-order valence-corrected chi connectivity index (χ3v) is 6.78. The maximum atomic E-state index is 13.2. The molecule has 1 aromatic carbocycles. The first-order valence-electron chi connectivity index (χ1n) is 11.4. The van der Waals surface area contributed by atoms with Gasteiger partial charge in [-0.15, -0.1) is 0 Å². The minimum absolute atomic E-state index is 0.149. The number of fused-ring (bicyclic) bond motifs is 1. The van der Waals surface area contributed by atoms with Crippen molar-refractivity contribution in [1.29, 1.82) is 0 Å². The molecule has 1 saturated carbocycles. The molecule has 1 atom stereocenters. The molecule has 2 aliphatic rings. The van der Waals surface area contributed by atoms with Crippen LogP contribution in [-0.4, -0.2) is 51.0 Å². The van der Waals surface area contributed by atoms with Crippen LogP contribution in [0.2, 0.25) is 0 Å². The average Bonchev–Trinajstić information content (AvgIpc) is 3.23. The standard InChI is InChI=1S/C24H31N5O3/c1-4-16-10-12-18(13-11-16)25-21(30)19-14-20-22(31)28(3)24(2,15-29(20)27-19)23(32)26-17-8-6-5-7-9-17/h10-14,17H,4-9,15H2,1-3H3,(H,25,30)(H,26,32). The first-order valence-corrected chi connectivity index (χ1v) is 11.4. The summed E-state index contributed by atoms with van der Waals surface area (Å²) in [6, 6.07) is 9.26. The lowest BCUT2D eigenvalue weighted by Crippen LogP contribution is -2.63. The summed E-state index contributed by atoms with van der Waals surface area (Å²) in [5.74, 6) is -0.889. The fourth-order valence-corrected chi connectivity index (χ4v) is 4.44. The molecule has 4 rings (SSSR count). The molecule has 0 saturated heterocycles. The quantitative estimate of drug-likeness (QED) is 0.752. The number of likely N-dealkylation sites (N-methyl/N-ethyl adjacent to an activating group) is 1. The van der Waals surface area contributed by atoms with E-state index in [-0.39, 0.29) is 36.0 Å². The van der Waals surface area contributed by atoms with Gasteiger partial charge in [-0.25, -0.2) is 0 Å². The summed E-state index contributed by atoms with van der Waals surface area (Å²) in [5.41, 5.74) is 1.23. The van der Waals surface area contributed by atoms with Gasteiger partial charge in [-0.1, -0.05) is 38.3 Å². The molecule has 1 unspecified atom stereocenters. The van der Waals surface area contributed by atoms with Crippen molar-refractivity contribution in [2.75, 3.05) is 12.4 Å². The molecular formula is C24H31N5O3. The highest BCUT2D eigenvalue weighted by atomic mass is 16.2. The Labute approximate surface area is 188 Å². The number of aryl methyl sites for hydroxylation is 1. The highest BCUT2D eigenvalue weighted by Crippen LogP contribution is 2.27. The molecule has 1 fully saturated rings. The van der Waals surface area contributed by atoms with E-state index in [1.807, 2.05) is 24.3 Å². The number of carbonyl (C=O) groups is 3. The highest BCUT2D eigenvalue weighted by molar-refractivity contribution is 6.05. The molecule has 2 heterocycles. The normalized spacial score (nSPS) is 21.2. The number of rotatable bonds is 5. The number of benzene rings is 1. The van der Waals surface area contributed by atoms with Crippen LogP contribution in [0.3, 0.4) is 0 Å². The van der Waals surface area contributed by atoms with Crippen LogP contribution < -0.4 is 10.6 Å². The molecule has 8 heteroatoms. The van der Waals surface area contributed by atoms with Crippen molar-refractivity contribution in [2.45, 2.75) is 70.5 Å². The Hall–Kier alpha value is -3.16. The number of aromatic nitrogens is 2. The fourth-order valence-electron chi connectivity index (χ4n) is 4.44. The zero-order valence-corrected chi connectivity index (χ0v) is 19.0. The van der Waals surface area contributed by atoms with Crippen LogP contribution in [0.5, 0.6) is 0 Å². The molecule has 170 valence electrons. The van der Waals surface area contributed by atoms with Gasteiger partial charge in [0.25, 0.3) is 11.8 Å². The summed E-state index contributed by atoms with van der Waals surface area (Å²) < 4.78 is 1.48. The number of carbonyl (C=O) groups excluding carboxylic acids is 3. The molecule has 1 aliphatic heterocycles. The van der Waals surface area contributed by atoms with Crippen LogP contribution in [0, 0.1) is 0 Å². The summed E-state index contributed by atoms with van der Waals surface area (Å²) in [6.45, 7) is 4.02. The zero-order valence-electron chi connectivity index (χ0n) is 19.0. The van der Waals surface area contributed by atoms with Crippen LogP contribution in [0.1, 0.15) is 72.5 Å². The summed E-state index contributed by atoms with van der Waals surface area (Å²) >= 11 is 0. The van der Waals surface area contributed by atoms with Crippen molar-refractivity contribution in [2.24, 2.45) is 0 Å². The van der Waals surface area contributed by atoms with Crippen molar-refractivity contribution < 1.29 is 14.4 Å². The van der Waals surface area contributed by atoms with E-state index in [0.717, 1.165) is 32.1 Å². The van der Waals surface area contributed by atoms with Gasteiger partial charge in [0.1, 0.15) is 11.2 Å². The number of amides is 3. The van der Waals surface area contributed by atoms with Gasteiger partial charge in [0, 0.05) is 24.8 Å². The number of hydrogen-bond acceptors (Lipinski definition) is 4. The smallest absolute Gasteiger partial charge is 0.276 e. The Kier molecular flexibility index (Phi) is 6.04. The fraction of sp³-hybridized carbons (Fsp3) is 0.500. The zero-order chi connectivity index (χ0) is 22.9. The highest BCUT2D eigenvalue weighted by Gasteiger charge is 2.46. The van der Waals surface area contributed by atoms with Gasteiger partial charge in [-0.2, -0.15) is 5.10 Å². The third kappa shape index (κ3) is 4.13. The molecule has 2 N–H and O–H groups in total. The van der Waals surface area contributed by atoms with Crippen LogP contribution in [-0.2, 0) is 17.8 Å². The second-order valence-corrected chi connectivity index (χ2v) is 9.02. The van der Waals surface area contributed by atoms with Crippen molar-refractivity contribution in [1.82, 2.24) is 20.0 Å². The van der Waals surface area contributed by atoms with E-state index >= 15 is 0 Å². The van der Waals surface area contributed by atoms with Gasteiger partial charge >= 0.3 is 0 Å². The number of nitrogens with zero attached hydrogens (tertiary/aromatic N) is 3. The molecule has 8 nitrogen and oxygen atoms in total. The Bertz CT molecular complexity index is 1020. The molecule has 2 aromatic rings. The van der Waals surface area contributed by atoms with E-state index in [1.165, 1.54) is 27.6 Å². The summed E-state index contributed by atoms with van der Waals surface area (Å²) in [7, 11) is 1.63. The van der Waals surface area contributed by atoms with Gasteiger partial charge in [-0.3, -0.25) is 19.1 Å². The minimum atomic E-state index is -1.07. The summed E-state index contributed by atoms with van der Waals surface area (Å²) in [5, 5.41) is 10.3. The number of hydrogen-bond donors (Lipinski definition) is 2. The van der Waals surface area contributed by atoms with Crippen molar-refractivity contribution in [3.05, 3.63) is 47.3 Å². The first kappa shape index (κ1) is 22.0. The lowest BCUT2D eigenvalue weighted by Gasteiger charge is -2.41. The maximum Gasteiger partial charge on any atom is 0.276 e. The van der Waals surface area contributed by atoms with Crippen molar-refractivity contribution in [3.63, 3.8) is 0 Å². The molecular weight excluding hydrogens is 406 g/mol. The third-order valence-electron chi connectivity index (χ3n) is 6.78. The molecule has 32 heavy (non-hydrogen) atoms.